The number of carbonyl (C=O) groups excluding carboxylic acids is 1. The number of hydrogen-bond acceptors (Lipinski definition) is 4. The maximum atomic E-state index is 11.6. The minimum absolute atomic E-state index is 0.301. The summed E-state index contributed by atoms with van der Waals surface area (Å²) < 4.78 is 13.3. The quantitative estimate of drug-likeness (QED) is 0.494. The molecule has 0 saturated heterocycles. The molecule has 1 aromatic heterocycles. The number of rotatable bonds is 5. The number of ether oxygens (including phenoxy) is 2. The third kappa shape index (κ3) is 5.03. The fourth-order valence-corrected chi connectivity index (χ4v) is 2.85. The molecule has 2 rings (SSSR count). The Morgan fingerprint density at radius 2 is 1.80 bits per heavy atom. The van der Waals surface area contributed by atoms with E-state index in [1.54, 1.807) is 23.3 Å². The molecule has 0 N–H and O–H groups in total. The lowest BCUT2D eigenvalue weighted by molar-refractivity contribution is -0.165. The topological polar surface area (TPSA) is 53.4 Å². The molecule has 0 radical (unpaired) electrons. The number of aromatic nitrogens is 2. The lowest BCUT2D eigenvalue weighted by Gasteiger charge is -2.36. The van der Waals surface area contributed by atoms with Gasteiger partial charge in [-0.3, -0.25) is 9.36 Å². The number of imidazole rings is 1. The van der Waals surface area contributed by atoms with E-state index in [0.29, 0.717) is 20.8 Å². The van der Waals surface area contributed by atoms with Crippen molar-refractivity contribution in [3.8, 4) is 5.75 Å². The minimum Gasteiger partial charge on any atom is -0.464 e. The Morgan fingerprint density at radius 1 is 1.16 bits per heavy atom. The van der Waals surface area contributed by atoms with Gasteiger partial charge in [0.25, 0.3) is 0 Å². The monoisotopic (exact) mass is 404 g/mol. The molecule has 5 nitrogen and oxygen atoms in total. The molecular formula is C17H19Cl3N2O3. The van der Waals surface area contributed by atoms with Gasteiger partial charge in [0.1, 0.15) is 5.75 Å². The minimum atomic E-state index is -0.693. The first-order valence-corrected chi connectivity index (χ1v) is 8.69. The van der Waals surface area contributed by atoms with Crippen molar-refractivity contribution >= 4 is 40.8 Å². The van der Waals surface area contributed by atoms with Crippen molar-refractivity contribution in [2.24, 2.45) is 5.41 Å². The summed E-state index contributed by atoms with van der Waals surface area (Å²) in [6, 6.07) is 3.04. The zero-order chi connectivity index (χ0) is 18.8. The molecule has 0 aliphatic rings. The van der Waals surface area contributed by atoms with E-state index in [-0.39, 0.29) is 0 Å². The van der Waals surface area contributed by atoms with Crippen LogP contribution in [-0.4, -0.2) is 21.6 Å². The number of carbonyl (C=O) groups is 1. The first-order chi connectivity index (χ1) is 11.6. The predicted molar refractivity (Wildman–Crippen MR) is 98.4 cm³/mol. The van der Waals surface area contributed by atoms with Gasteiger partial charge in [0.2, 0.25) is 6.23 Å². The molecule has 1 aromatic carbocycles. The van der Waals surface area contributed by atoms with Crippen LogP contribution in [0, 0.1) is 5.41 Å². The van der Waals surface area contributed by atoms with E-state index in [4.69, 9.17) is 44.3 Å². The van der Waals surface area contributed by atoms with Gasteiger partial charge in [-0.05, 0) is 6.07 Å². The third-order valence-electron chi connectivity index (χ3n) is 3.45. The van der Waals surface area contributed by atoms with E-state index in [9.17, 15) is 4.79 Å². The van der Waals surface area contributed by atoms with Crippen LogP contribution in [0.2, 0.25) is 15.1 Å². The number of benzene rings is 1. The van der Waals surface area contributed by atoms with Gasteiger partial charge in [-0.25, -0.2) is 4.98 Å². The fourth-order valence-electron chi connectivity index (χ4n) is 2.27. The second-order valence-electron chi connectivity index (χ2n) is 6.61. The number of halogens is 3. The number of esters is 1. The molecule has 2 atom stereocenters. The molecule has 0 aliphatic heterocycles. The van der Waals surface area contributed by atoms with Gasteiger partial charge in [0, 0.05) is 30.8 Å². The lowest BCUT2D eigenvalue weighted by atomic mass is 9.87. The summed E-state index contributed by atoms with van der Waals surface area (Å²) in [6.45, 7) is 7.20. The average molecular weight is 406 g/mol. The van der Waals surface area contributed by atoms with Crippen LogP contribution in [0.3, 0.4) is 0 Å². The van der Waals surface area contributed by atoms with Gasteiger partial charge in [-0.15, -0.1) is 0 Å². The first-order valence-electron chi connectivity index (χ1n) is 7.55. The molecule has 1 heterocycles. The first kappa shape index (κ1) is 19.9. The normalized spacial score (nSPS) is 14.0. The second kappa shape index (κ2) is 7.85. The van der Waals surface area contributed by atoms with Crippen molar-refractivity contribution < 1.29 is 14.3 Å². The lowest BCUT2D eigenvalue weighted by Crippen LogP contribution is -2.41. The highest BCUT2D eigenvalue weighted by molar-refractivity contribution is 6.43. The van der Waals surface area contributed by atoms with Crippen LogP contribution < -0.4 is 4.74 Å². The Labute approximate surface area is 161 Å². The van der Waals surface area contributed by atoms with Crippen LogP contribution in [-0.2, 0) is 9.53 Å². The SMILES string of the molecule is CC(=O)OC(C(Oc1cc(Cl)c(Cl)cc1Cl)n1ccnc1)C(C)(C)C. The molecule has 0 bridgehead atoms. The summed E-state index contributed by atoms with van der Waals surface area (Å²) >= 11 is 18.3. The van der Waals surface area contributed by atoms with Crippen LogP contribution in [0.4, 0.5) is 0 Å². The van der Waals surface area contributed by atoms with Gasteiger partial charge in [0.05, 0.1) is 21.4 Å². The van der Waals surface area contributed by atoms with Crippen molar-refractivity contribution in [1.82, 2.24) is 9.55 Å². The second-order valence-corrected chi connectivity index (χ2v) is 7.83. The molecule has 0 fully saturated rings. The fraction of sp³-hybridized carbons (Fsp3) is 0.412. The molecule has 25 heavy (non-hydrogen) atoms. The highest BCUT2D eigenvalue weighted by atomic mass is 35.5. The van der Waals surface area contributed by atoms with Gasteiger partial charge in [-0.2, -0.15) is 0 Å². The number of hydrogen-bond donors (Lipinski definition) is 0. The molecule has 2 aromatic rings. The predicted octanol–water partition coefficient (Wildman–Crippen LogP) is 5.40. The Kier molecular flexibility index (Phi) is 6.25. The maximum absolute atomic E-state index is 11.6. The molecule has 0 spiro atoms. The van der Waals surface area contributed by atoms with Crippen LogP contribution >= 0.6 is 34.8 Å². The van der Waals surface area contributed by atoms with E-state index in [1.807, 2.05) is 20.8 Å². The molecule has 0 aliphatic carbocycles. The van der Waals surface area contributed by atoms with E-state index < -0.39 is 23.7 Å². The summed E-state index contributed by atoms with van der Waals surface area (Å²) in [7, 11) is 0. The summed E-state index contributed by atoms with van der Waals surface area (Å²) in [5, 5.41) is 0.936. The molecule has 2 unspecified atom stereocenters. The Balaban J connectivity index is 2.46. The summed E-state index contributed by atoms with van der Waals surface area (Å²) in [5.74, 6) is -0.0787. The molecule has 0 saturated carbocycles. The van der Waals surface area contributed by atoms with E-state index >= 15 is 0 Å². The van der Waals surface area contributed by atoms with E-state index in [0.717, 1.165) is 0 Å². The van der Waals surface area contributed by atoms with Crippen molar-refractivity contribution in [3.63, 3.8) is 0 Å². The van der Waals surface area contributed by atoms with Crippen molar-refractivity contribution in [2.75, 3.05) is 0 Å². The van der Waals surface area contributed by atoms with Crippen LogP contribution in [0.5, 0.6) is 5.75 Å². The average Bonchev–Trinajstić information content (AvgIpc) is 3.00. The van der Waals surface area contributed by atoms with Crippen LogP contribution in [0.25, 0.3) is 0 Å². The standard InChI is InChI=1S/C17H19Cl3N2O3/c1-10(23)24-15(17(2,3)4)16(22-6-5-21-9-22)25-14-8-12(19)11(18)7-13(14)20/h5-9,15-16H,1-4H3. The van der Waals surface area contributed by atoms with E-state index in [1.165, 1.54) is 19.1 Å². The smallest absolute Gasteiger partial charge is 0.303 e. The highest BCUT2D eigenvalue weighted by Crippen LogP contribution is 2.38. The number of nitrogens with zero attached hydrogens (tertiary/aromatic N) is 2. The Hall–Kier alpha value is -1.43. The largest absolute Gasteiger partial charge is 0.464 e. The van der Waals surface area contributed by atoms with Crippen LogP contribution in [0.1, 0.15) is 33.9 Å². The van der Waals surface area contributed by atoms with Crippen molar-refractivity contribution in [2.45, 2.75) is 40.0 Å². The maximum Gasteiger partial charge on any atom is 0.303 e. The Bertz CT molecular complexity index is 742. The third-order valence-corrected chi connectivity index (χ3v) is 4.46. The summed E-state index contributed by atoms with van der Waals surface area (Å²) in [5.41, 5.74) is -0.413. The van der Waals surface area contributed by atoms with Gasteiger partial charge in [0.15, 0.2) is 6.10 Å². The molecular weight excluding hydrogens is 387 g/mol. The molecule has 0 amide bonds. The van der Waals surface area contributed by atoms with Gasteiger partial charge >= 0.3 is 5.97 Å². The summed E-state index contributed by atoms with van der Waals surface area (Å²) in [4.78, 5) is 15.7. The highest BCUT2D eigenvalue weighted by Gasteiger charge is 2.38. The summed E-state index contributed by atoms with van der Waals surface area (Å²) in [6.07, 6.45) is 3.61. The Morgan fingerprint density at radius 3 is 2.32 bits per heavy atom. The molecule has 136 valence electrons. The van der Waals surface area contributed by atoms with E-state index in [2.05, 4.69) is 4.98 Å². The molecule has 8 heteroatoms. The van der Waals surface area contributed by atoms with Gasteiger partial charge in [-0.1, -0.05) is 55.6 Å². The van der Waals surface area contributed by atoms with Crippen LogP contribution in [0.15, 0.2) is 30.9 Å². The van der Waals surface area contributed by atoms with Crippen molar-refractivity contribution in [1.29, 1.82) is 0 Å². The zero-order valence-corrected chi connectivity index (χ0v) is 16.6. The van der Waals surface area contributed by atoms with Crippen molar-refractivity contribution in [3.05, 3.63) is 45.9 Å². The van der Waals surface area contributed by atoms with Gasteiger partial charge < -0.3 is 9.47 Å². The zero-order valence-electron chi connectivity index (χ0n) is 14.3.